The van der Waals surface area contributed by atoms with Crippen LogP contribution in [-0.4, -0.2) is 29.6 Å². The predicted octanol–water partition coefficient (Wildman–Crippen LogP) is 1.66. The van der Waals surface area contributed by atoms with E-state index in [4.69, 9.17) is 0 Å². The molecule has 1 amide bonds. The van der Waals surface area contributed by atoms with Crippen molar-refractivity contribution in [2.75, 3.05) is 13.1 Å². The maximum atomic E-state index is 12.2. The highest BCUT2D eigenvalue weighted by Gasteiger charge is 2.16. The predicted molar refractivity (Wildman–Crippen MR) is 76.3 cm³/mol. The van der Waals surface area contributed by atoms with Gasteiger partial charge in [-0.1, -0.05) is 6.07 Å². The van der Waals surface area contributed by atoms with Gasteiger partial charge < -0.3 is 15.2 Å². The normalized spacial score (nSPS) is 19.5. The number of nitrogens with one attached hydrogen (secondary N) is 2. The molecule has 0 radical (unpaired) electrons. The number of piperidine rings is 1. The van der Waals surface area contributed by atoms with Crippen LogP contribution >= 0.6 is 0 Å². The van der Waals surface area contributed by atoms with Gasteiger partial charge >= 0.3 is 0 Å². The lowest BCUT2D eigenvalue weighted by Crippen LogP contribution is -2.45. The maximum Gasteiger partial charge on any atom is 0.251 e. The Kier molecular flexibility index (Phi) is 3.25. The zero-order valence-corrected chi connectivity index (χ0v) is 11.1. The third-order valence-electron chi connectivity index (χ3n) is 3.78. The molecule has 0 aliphatic carbocycles. The van der Waals surface area contributed by atoms with Crippen LogP contribution in [0.5, 0.6) is 0 Å². The van der Waals surface area contributed by atoms with E-state index in [-0.39, 0.29) is 11.9 Å². The summed E-state index contributed by atoms with van der Waals surface area (Å²) in [5.41, 5.74) is 1.83. The van der Waals surface area contributed by atoms with E-state index in [1.165, 1.54) is 5.39 Å². The summed E-state index contributed by atoms with van der Waals surface area (Å²) in [6.07, 6.45) is 4.20. The molecule has 2 heterocycles. The molecule has 2 aromatic rings. The third kappa shape index (κ3) is 2.49. The van der Waals surface area contributed by atoms with E-state index in [1.807, 2.05) is 36.0 Å². The molecule has 0 saturated carbocycles. The summed E-state index contributed by atoms with van der Waals surface area (Å²) in [5, 5.41) is 7.57. The van der Waals surface area contributed by atoms with Crippen LogP contribution in [-0.2, 0) is 7.05 Å². The summed E-state index contributed by atoms with van der Waals surface area (Å²) in [5.74, 6) is 0.0248. The first-order valence-corrected chi connectivity index (χ1v) is 6.81. The molecule has 3 rings (SSSR count). The molecule has 100 valence electrons. The number of rotatable bonds is 2. The molecule has 2 N–H and O–H groups in total. The number of hydrogen-bond acceptors (Lipinski definition) is 2. The average Bonchev–Trinajstić information content (AvgIpc) is 2.81. The van der Waals surface area contributed by atoms with Gasteiger partial charge in [0, 0.05) is 36.9 Å². The Balaban J connectivity index is 1.78. The first-order valence-electron chi connectivity index (χ1n) is 6.81. The van der Waals surface area contributed by atoms with Crippen molar-refractivity contribution in [3.8, 4) is 0 Å². The Bertz CT molecular complexity index is 596. The molecular formula is C15H19N3O. The second-order valence-corrected chi connectivity index (χ2v) is 5.22. The second-order valence-electron chi connectivity index (χ2n) is 5.22. The first kappa shape index (κ1) is 12.2. The Morgan fingerprint density at radius 2 is 2.32 bits per heavy atom. The van der Waals surface area contributed by atoms with Crippen molar-refractivity contribution in [2.45, 2.75) is 18.9 Å². The lowest BCUT2D eigenvalue weighted by atomic mass is 10.1. The van der Waals surface area contributed by atoms with Crippen molar-refractivity contribution in [3.05, 3.63) is 36.0 Å². The minimum absolute atomic E-state index is 0.0248. The minimum atomic E-state index is 0.0248. The van der Waals surface area contributed by atoms with Gasteiger partial charge in [-0.15, -0.1) is 0 Å². The van der Waals surface area contributed by atoms with E-state index in [9.17, 15) is 4.79 Å². The smallest absolute Gasteiger partial charge is 0.251 e. The molecule has 1 atom stereocenters. The van der Waals surface area contributed by atoms with Gasteiger partial charge in [0.25, 0.3) is 5.91 Å². The fourth-order valence-electron chi connectivity index (χ4n) is 2.65. The standard InChI is InChI=1S/C15H19N3O/c1-18-8-6-11-4-5-12(9-14(11)18)15(19)17-13-3-2-7-16-10-13/h4-6,8-9,13,16H,2-3,7,10H2,1H3,(H,17,19). The molecule has 4 nitrogen and oxygen atoms in total. The van der Waals surface area contributed by atoms with Gasteiger partial charge in [-0.25, -0.2) is 0 Å². The molecule has 1 aliphatic heterocycles. The van der Waals surface area contributed by atoms with E-state index in [1.54, 1.807) is 0 Å². The quantitative estimate of drug-likeness (QED) is 0.859. The van der Waals surface area contributed by atoms with Gasteiger partial charge in [0.15, 0.2) is 0 Å². The molecule has 1 unspecified atom stereocenters. The number of nitrogens with zero attached hydrogens (tertiary/aromatic N) is 1. The molecule has 1 fully saturated rings. The summed E-state index contributed by atoms with van der Waals surface area (Å²) in [7, 11) is 2.00. The van der Waals surface area contributed by atoms with Crippen LogP contribution < -0.4 is 10.6 Å². The molecule has 0 bridgehead atoms. The largest absolute Gasteiger partial charge is 0.351 e. The summed E-state index contributed by atoms with van der Waals surface area (Å²) in [4.78, 5) is 12.2. The van der Waals surface area contributed by atoms with Gasteiger partial charge in [-0.3, -0.25) is 4.79 Å². The van der Waals surface area contributed by atoms with E-state index in [0.29, 0.717) is 0 Å². The number of hydrogen-bond donors (Lipinski definition) is 2. The van der Waals surface area contributed by atoms with E-state index in [2.05, 4.69) is 16.7 Å². The highest BCUT2D eigenvalue weighted by atomic mass is 16.1. The summed E-state index contributed by atoms with van der Waals surface area (Å²) >= 11 is 0. The SMILES string of the molecule is Cn1ccc2ccc(C(=O)NC3CCCNC3)cc21. The minimum Gasteiger partial charge on any atom is -0.351 e. The van der Waals surface area contributed by atoms with Gasteiger partial charge in [0.1, 0.15) is 0 Å². The maximum absolute atomic E-state index is 12.2. The molecular weight excluding hydrogens is 238 g/mol. The van der Waals surface area contributed by atoms with Gasteiger partial charge in [0.05, 0.1) is 0 Å². The molecule has 0 spiro atoms. The summed E-state index contributed by atoms with van der Waals surface area (Å²) in [6.45, 7) is 1.93. The van der Waals surface area contributed by atoms with E-state index >= 15 is 0 Å². The van der Waals surface area contributed by atoms with Crippen LogP contribution in [0, 0.1) is 0 Å². The Hall–Kier alpha value is -1.81. The number of fused-ring (bicyclic) bond motifs is 1. The summed E-state index contributed by atoms with van der Waals surface area (Å²) in [6, 6.07) is 8.17. The van der Waals surface area contributed by atoms with Crippen molar-refractivity contribution in [2.24, 2.45) is 7.05 Å². The van der Waals surface area contributed by atoms with E-state index < -0.39 is 0 Å². The van der Waals surface area contributed by atoms with Gasteiger partial charge in [0.2, 0.25) is 0 Å². The van der Waals surface area contributed by atoms with Gasteiger partial charge in [-0.05, 0) is 43.0 Å². The number of aromatic nitrogens is 1. The second kappa shape index (κ2) is 5.05. The Morgan fingerprint density at radius 3 is 3.11 bits per heavy atom. The monoisotopic (exact) mass is 257 g/mol. The first-order chi connectivity index (χ1) is 9.24. The zero-order chi connectivity index (χ0) is 13.2. The molecule has 1 aromatic carbocycles. The van der Waals surface area contributed by atoms with Crippen LogP contribution in [0.2, 0.25) is 0 Å². The van der Waals surface area contributed by atoms with Crippen LogP contribution in [0.3, 0.4) is 0 Å². The van der Waals surface area contributed by atoms with Crippen molar-refractivity contribution in [1.29, 1.82) is 0 Å². The summed E-state index contributed by atoms with van der Waals surface area (Å²) < 4.78 is 2.04. The zero-order valence-electron chi connectivity index (χ0n) is 11.1. The third-order valence-corrected chi connectivity index (χ3v) is 3.78. The van der Waals surface area contributed by atoms with Crippen LogP contribution in [0.4, 0.5) is 0 Å². The van der Waals surface area contributed by atoms with E-state index in [0.717, 1.165) is 37.0 Å². The number of benzene rings is 1. The van der Waals surface area contributed by atoms with Crippen molar-refractivity contribution < 1.29 is 4.79 Å². The Morgan fingerprint density at radius 1 is 1.42 bits per heavy atom. The highest BCUT2D eigenvalue weighted by Crippen LogP contribution is 2.17. The lowest BCUT2D eigenvalue weighted by molar-refractivity contribution is 0.0931. The molecule has 1 aromatic heterocycles. The van der Waals surface area contributed by atoms with Crippen molar-refractivity contribution >= 4 is 16.8 Å². The lowest BCUT2D eigenvalue weighted by Gasteiger charge is -2.23. The van der Waals surface area contributed by atoms with Crippen molar-refractivity contribution in [1.82, 2.24) is 15.2 Å². The molecule has 1 saturated heterocycles. The number of aryl methyl sites for hydroxylation is 1. The van der Waals surface area contributed by atoms with Crippen molar-refractivity contribution in [3.63, 3.8) is 0 Å². The number of carbonyl (C=O) groups is 1. The fraction of sp³-hybridized carbons (Fsp3) is 0.400. The van der Waals surface area contributed by atoms with Gasteiger partial charge in [-0.2, -0.15) is 0 Å². The molecule has 19 heavy (non-hydrogen) atoms. The average molecular weight is 257 g/mol. The number of amides is 1. The highest BCUT2D eigenvalue weighted by molar-refractivity contribution is 5.98. The topological polar surface area (TPSA) is 46.1 Å². The fourth-order valence-corrected chi connectivity index (χ4v) is 2.65. The number of carbonyl (C=O) groups excluding carboxylic acids is 1. The molecule has 1 aliphatic rings. The molecule has 4 heteroatoms. The van der Waals surface area contributed by atoms with Crippen LogP contribution in [0.15, 0.2) is 30.5 Å². The van der Waals surface area contributed by atoms with Crippen LogP contribution in [0.1, 0.15) is 23.2 Å². The Labute approximate surface area is 112 Å². The van der Waals surface area contributed by atoms with Crippen LogP contribution in [0.25, 0.3) is 10.9 Å².